The van der Waals surface area contributed by atoms with Gasteiger partial charge in [-0.2, -0.15) is 0 Å². The zero-order valence-electron chi connectivity index (χ0n) is 12.8. The van der Waals surface area contributed by atoms with Crippen LogP contribution >= 0.6 is 34.3 Å². The van der Waals surface area contributed by atoms with E-state index in [9.17, 15) is 0 Å². The Bertz CT molecular complexity index is 757. The molecule has 0 aliphatic carbocycles. The molecule has 1 fully saturated rings. The lowest BCUT2D eigenvalue weighted by Gasteiger charge is -2.28. The molecule has 0 spiro atoms. The van der Waals surface area contributed by atoms with Gasteiger partial charge in [0.25, 0.3) is 0 Å². The Balaban J connectivity index is 1.32. The van der Waals surface area contributed by atoms with Gasteiger partial charge in [-0.1, -0.05) is 23.7 Å². The van der Waals surface area contributed by atoms with Gasteiger partial charge in [-0.25, -0.2) is 4.98 Å². The first kappa shape index (κ1) is 15.5. The topological polar surface area (TPSA) is 21.8 Å². The molecule has 120 valence electrons. The summed E-state index contributed by atoms with van der Waals surface area (Å²) in [7, 11) is 0. The molecular formula is C17H20ClN3S2+2. The van der Waals surface area contributed by atoms with E-state index in [1.807, 2.05) is 17.4 Å². The van der Waals surface area contributed by atoms with Gasteiger partial charge in [0, 0.05) is 0 Å². The fourth-order valence-electron chi connectivity index (χ4n) is 3.21. The highest BCUT2D eigenvalue weighted by Gasteiger charge is 2.24. The Morgan fingerprint density at radius 3 is 2.35 bits per heavy atom. The normalized spacial score (nSPS) is 21.8. The van der Waals surface area contributed by atoms with E-state index in [-0.39, 0.29) is 0 Å². The third-order valence-electron chi connectivity index (χ3n) is 4.46. The van der Waals surface area contributed by atoms with Crippen molar-refractivity contribution in [3.63, 3.8) is 0 Å². The summed E-state index contributed by atoms with van der Waals surface area (Å²) in [5, 5.41) is 1.27. The first-order valence-corrected chi connectivity index (χ1v) is 10.0. The van der Waals surface area contributed by atoms with Gasteiger partial charge in [0.1, 0.15) is 44.3 Å². The number of hydrogen-bond acceptors (Lipinski definition) is 3. The number of quaternary nitrogens is 2. The summed E-state index contributed by atoms with van der Waals surface area (Å²) in [6, 6.07) is 12.6. The van der Waals surface area contributed by atoms with Crippen molar-refractivity contribution in [2.75, 3.05) is 26.2 Å². The molecule has 23 heavy (non-hydrogen) atoms. The number of benzene rings is 1. The summed E-state index contributed by atoms with van der Waals surface area (Å²) in [4.78, 5) is 9.52. The molecule has 0 atom stereocenters. The molecule has 6 heteroatoms. The van der Waals surface area contributed by atoms with Crippen molar-refractivity contribution in [3.05, 3.63) is 50.6 Å². The molecule has 1 aliphatic rings. The summed E-state index contributed by atoms with van der Waals surface area (Å²) >= 11 is 9.59. The van der Waals surface area contributed by atoms with E-state index in [0.717, 1.165) is 22.9 Å². The predicted molar refractivity (Wildman–Crippen MR) is 97.8 cm³/mol. The van der Waals surface area contributed by atoms with Crippen molar-refractivity contribution in [1.29, 1.82) is 0 Å². The SMILES string of the molecule is Clc1ccc(C[NH+]2CC[NH+](Cc3nc4ccccc4s3)CC2)s1. The first-order valence-electron chi connectivity index (χ1n) is 8.02. The summed E-state index contributed by atoms with van der Waals surface area (Å²) in [6.45, 7) is 7.10. The quantitative estimate of drug-likeness (QED) is 0.718. The number of nitrogens with zero attached hydrogens (tertiary/aromatic N) is 1. The van der Waals surface area contributed by atoms with Gasteiger partial charge in [-0.15, -0.1) is 22.7 Å². The Labute approximate surface area is 149 Å². The van der Waals surface area contributed by atoms with Gasteiger partial charge < -0.3 is 9.80 Å². The molecule has 1 aromatic carbocycles. The van der Waals surface area contributed by atoms with Gasteiger partial charge in [0.15, 0.2) is 0 Å². The van der Waals surface area contributed by atoms with Crippen LogP contribution in [0, 0.1) is 0 Å². The third kappa shape index (κ3) is 3.75. The van der Waals surface area contributed by atoms with Gasteiger partial charge >= 0.3 is 0 Å². The molecule has 1 saturated heterocycles. The lowest BCUT2D eigenvalue weighted by atomic mass is 10.3. The van der Waals surface area contributed by atoms with Crippen LogP contribution in [0.2, 0.25) is 4.34 Å². The second kappa shape index (κ2) is 6.87. The van der Waals surface area contributed by atoms with E-state index in [0.29, 0.717) is 0 Å². The number of nitrogens with one attached hydrogen (secondary N) is 2. The molecule has 4 rings (SSSR count). The van der Waals surface area contributed by atoms with Crippen LogP contribution in [0.15, 0.2) is 36.4 Å². The second-order valence-corrected chi connectivity index (χ2v) is 9.05. The number of rotatable bonds is 4. The van der Waals surface area contributed by atoms with Crippen molar-refractivity contribution in [2.24, 2.45) is 0 Å². The summed E-state index contributed by atoms with van der Waals surface area (Å²) < 4.78 is 2.21. The molecular weight excluding hydrogens is 346 g/mol. The average Bonchev–Trinajstić information content (AvgIpc) is 3.14. The van der Waals surface area contributed by atoms with E-state index in [2.05, 4.69) is 30.3 Å². The highest BCUT2D eigenvalue weighted by atomic mass is 35.5. The minimum Gasteiger partial charge on any atom is -0.321 e. The van der Waals surface area contributed by atoms with Crippen LogP contribution in [0.1, 0.15) is 9.88 Å². The molecule has 3 aromatic rings. The summed E-state index contributed by atoms with van der Waals surface area (Å²) in [5.41, 5.74) is 1.14. The monoisotopic (exact) mass is 365 g/mol. The van der Waals surface area contributed by atoms with E-state index in [1.54, 1.807) is 21.1 Å². The number of thiazole rings is 1. The summed E-state index contributed by atoms with van der Waals surface area (Å²) in [5.74, 6) is 0. The molecule has 2 aromatic heterocycles. The third-order valence-corrected chi connectivity index (χ3v) is 6.72. The van der Waals surface area contributed by atoms with Gasteiger partial charge in [0.2, 0.25) is 0 Å². The van der Waals surface area contributed by atoms with E-state index < -0.39 is 0 Å². The minimum absolute atomic E-state index is 0.902. The van der Waals surface area contributed by atoms with E-state index >= 15 is 0 Å². The maximum atomic E-state index is 6.02. The van der Waals surface area contributed by atoms with Crippen LogP contribution in [0.25, 0.3) is 10.2 Å². The highest BCUT2D eigenvalue weighted by Crippen LogP contribution is 2.21. The molecule has 0 amide bonds. The number of aromatic nitrogens is 1. The van der Waals surface area contributed by atoms with Crippen molar-refractivity contribution < 1.29 is 9.80 Å². The van der Waals surface area contributed by atoms with Crippen LogP contribution in [0.3, 0.4) is 0 Å². The highest BCUT2D eigenvalue weighted by molar-refractivity contribution is 7.18. The zero-order chi connectivity index (χ0) is 15.6. The van der Waals surface area contributed by atoms with Gasteiger partial charge in [-0.05, 0) is 24.3 Å². The Morgan fingerprint density at radius 2 is 1.65 bits per heavy atom. The van der Waals surface area contributed by atoms with Crippen molar-refractivity contribution in [1.82, 2.24) is 4.98 Å². The molecule has 0 unspecified atom stereocenters. The average molecular weight is 366 g/mol. The molecule has 0 bridgehead atoms. The maximum Gasteiger partial charge on any atom is 0.148 e. The van der Waals surface area contributed by atoms with Crippen LogP contribution in [0.5, 0.6) is 0 Å². The van der Waals surface area contributed by atoms with Crippen LogP contribution in [-0.2, 0) is 13.1 Å². The zero-order valence-corrected chi connectivity index (χ0v) is 15.2. The standard InChI is InChI=1S/C17H18ClN3S2/c18-16-6-5-13(22-16)11-20-7-9-21(10-8-20)12-17-19-14-3-1-2-4-15(14)23-17/h1-6H,7-12H2/p+2. The minimum atomic E-state index is 0.902. The lowest BCUT2D eigenvalue weighted by molar-refractivity contribution is -1.02. The van der Waals surface area contributed by atoms with Gasteiger partial charge in [-0.3, -0.25) is 0 Å². The number of piperazine rings is 1. The summed E-state index contributed by atoms with van der Waals surface area (Å²) in [6.07, 6.45) is 0. The molecule has 3 nitrogen and oxygen atoms in total. The molecule has 1 aliphatic heterocycles. The van der Waals surface area contributed by atoms with Crippen molar-refractivity contribution >= 4 is 44.5 Å². The van der Waals surface area contributed by atoms with E-state index in [4.69, 9.17) is 16.6 Å². The number of para-hydroxylation sites is 1. The predicted octanol–water partition coefficient (Wildman–Crippen LogP) is 1.49. The number of halogens is 1. The van der Waals surface area contributed by atoms with Crippen LogP contribution in [0.4, 0.5) is 0 Å². The number of hydrogen-bond donors (Lipinski definition) is 2. The Kier molecular flexibility index (Phi) is 4.64. The molecule has 0 saturated carbocycles. The largest absolute Gasteiger partial charge is 0.321 e. The first-order chi connectivity index (χ1) is 11.3. The maximum absolute atomic E-state index is 6.02. The van der Waals surface area contributed by atoms with Crippen LogP contribution in [-0.4, -0.2) is 31.2 Å². The number of fused-ring (bicyclic) bond motifs is 1. The molecule has 2 N–H and O–H groups in total. The molecule has 3 heterocycles. The van der Waals surface area contributed by atoms with E-state index in [1.165, 1.54) is 40.8 Å². The fourth-order valence-corrected chi connectivity index (χ4v) is 5.41. The van der Waals surface area contributed by atoms with Gasteiger partial charge in [0.05, 0.1) is 19.4 Å². The molecule has 0 radical (unpaired) electrons. The van der Waals surface area contributed by atoms with Crippen LogP contribution < -0.4 is 9.80 Å². The Morgan fingerprint density at radius 1 is 0.913 bits per heavy atom. The Hall–Kier alpha value is -0.980. The smallest absolute Gasteiger partial charge is 0.148 e. The lowest BCUT2D eigenvalue weighted by Crippen LogP contribution is -3.27. The van der Waals surface area contributed by atoms with Crippen molar-refractivity contribution in [3.8, 4) is 0 Å². The second-order valence-electron chi connectivity index (χ2n) is 6.13. The van der Waals surface area contributed by atoms with Crippen molar-refractivity contribution in [2.45, 2.75) is 13.1 Å². The number of thiophene rings is 1. The fraction of sp³-hybridized carbons (Fsp3) is 0.353.